The second kappa shape index (κ2) is 11.3. The molecule has 0 saturated carbocycles. The smallest absolute Gasteiger partial charge is 0.744 e. The molecule has 0 unspecified atom stereocenters. The zero-order chi connectivity index (χ0) is 17.0. The summed E-state index contributed by atoms with van der Waals surface area (Å²) in [5.74, 6) is 0. The van der Waals surface area contributed by atoms with Crippen molar-refractivity contribution in [2.75, 3.05) is 11.5 Å². The molecule has 0 aliphatic heterocycles. The van der Waals surface area contributed by atoms with Gasteiger partial charge < -0.3 is 20.6 Å². The minimum Gasteiger partial charge on any atom is -0.744 e. The summed E-state index contributed by atoms with van der Waals surface area (Å²) >= 11 is 0. The molecule has 0 saturated heterocycles. The third kappa shape index (κ3) is 9.84. The van der Waals surface area contributed by atoms with Crippen molar-refractivity contribution in [2.24, 2.45) is 0 Å². The van der Waals surface area contributed by atoms with Crippen molar-refractivity contribution in [1.29, 1.82) is 0 Å². The first-order chi connectivity index (χ1) is 10.00. The largest absolute Gasteiger partial charge is 1.00 e. The molecule has 0 radical (unpaired) electrons. The van der Waals surface area contributed by atoms with Crippen LogP contribution in [0.2, 0.25) is 0 Å². The maximum absolute atomic E-state index is 10.3. The molecule has 0 aliphatic rings. The van der Waals surface area contributed by atoms with Crippen molar-refractivity contribution in [2.45, 2.75) is 9.79 Å². The van der Waals surface area contributed by atoms with Gasteiger partial charge in [-0.25, -0.2) is 16.8 Å². The van der Waals surface area contributed by atoms with Gasteiger partial charge in [0.05, 0.1) is 9.79 Å². The zero-order valence-corrected chi connectivity index (χ0v) is 19.8. The summed E-state index contributed by atoms with van der Waals surface area (Å²) < 4.78 is 62.1. The van der Waals surface area contributed by atoms with E-state index in [0.29, 0.717) is 11.4 Å². The van der Waals surface area contributed by atoms with E-state index >= 15 is 0 Å². The third-order valence-corrected chi connectivity index (χ3v) is 4.04. The van der Waals surface area contributed by atoms with E-state index < -0.39 is 20.2 Å². The fourth-order valence-electron chi connectivity index (χ4n) is 1.27. The Labute approximate surface area is 205 Å². The predicted molar refractivity (Wildman–Crippen MR) is 77.6 cm³/mol. The topological polar surface area (TPSA) is 166 Å². The van der Waals surface area contributed by atoms with Crippen molar-refractivity contribution in [1.82, 2.24) is 0 Å². The van der Waals surface area contributed by atoms with Crippen molar-refractivity contribution >= 4 is 31.6 Å². The molecule has 0 spiro atoms. The number of anilines is 2. The molecule has 0 aromatic heterocycles. The quantitative estimate of drug-likeness (QED) is 0.283. The van der Waals surface area contributed by atoms with E-state index in [4.69, 9.17) is 11.5 Å². The van der Waals surface area contributed by atoms with Crippen LogP contribution in [0, 0.1) is 0 Å². The Kier molecular flexibility index (Phi) is 12.5. The van der Waals surface area contributed by atoms with Gasteiger partial charge in [0.1, 0.15) is 20.2 Å². The van der Waals surface area contributed by atoms with Crippen molar-refractivity contribution < 1.29 is 107 Å². The van der Waals surface area contributed by atoms with Crippen LogP contribution >= 0.6 is 0 Å². The van der Waals surface area contributed by atoms with E-state index in [1.54, 1.807) is 0 Å². The summed E-state index contributed by atoms with van der Waals surface area (Å²) in [7, 11) is -8.65. The summed E-state index contributed by atoms with van der Waals surface area (Å²) in [4.78, 5) is -0.515. The number of hydrogen-bond acceptors (Lipinski definition) is 8. The first-order valence-corrected chi connectivity index (χ1v) is 8.44. The first-order valence-electron chi connectivity index (χ1n) is 5.63. The molecule has 0 heterocycles. The SMILES string of the molecule is Nc1ccc(S(=O)(=O)[O-])cc1.Nc1ccc(S(=O)(=O)[O-])cc1.[K+].[Na+]. The molecular formula is C12H12KN2NaO6S2. The molecule has 120 valence electrons. The number of nitrogens with two attached hydrogens (primary N) is 2. The Morgan fingerprint density at radius 3 is 1.00 bits per heavy atom. The van der Waals surface area contributed by atoms with E-state index in [2.05, 4.69) is 0 Å². The Bertz CT molecular complexity index is 767. The van der Waals surface area contributed by atoms with E-state index in [0.717, 1.165) is 0 Å². The van der Waals surface area contributed by atoms with Gasteiger partial charge in [-0.15, -0.1) is 0 Å². The molecule has 24 heavy (non-hydrogen) atoms. The molecule has 0 amide bonds. The summed E-state index contributed by atoms with van der Waals surface area (Å²) in [6.07, 6.45) is 0. The third-order valence-electron chi connectivity index (χ3n) is 2.34. The number of hydrogen-bond donors (Lipinski definition) is 2. The van der Waals surface area contributed by atoms with Crippen LogP contribution in [-0.4, -0.2) is 25.9 Å². The first kappa shape index (κ1) is 26.7. The van der Waals surface area contributed by atoms with Gasteiger partial charge in [-0.3, -0.25) is 0 Å². The average molecular weight is 406 g/mol. The van der Waals surface area contributed by atoms with Crippen molar-refractivity contribution in [3.8, 4) is 0 Å². The predicted octanol–water partition coefficient (Wildman–Crippen LogP) is -5.65. The second-order valence-electron chi connectivity index (χ2n) is 4.05. The fraction of sp³-hybridized carbons (Fsp3) is 0. The molecule has 2 aromatic rings. The van der Waals surface area contributed by atoms with Crippen molar-refractivity contribution in [3.05, 3.63) is 48.5 Å². The number of nitrogen functional groups attached to an aromatic ring is 2. The van der Waals surface area contributed by atoms with Crippen LogP contribution in [0.15, 0.2) is 58.3 Å². The van der Waals surface area contributed by atoms with E-state index in [1.807, 2.05) is 0 Å². The maximum Gasteiger partial charge on any atom is 1.00 e. The van der Waals surface area contributed by atoms with Gasteiger partial charge in [-0.2, -0.15) is 0 Å². The summed E-state index contributed by atoms with van der Waals surface area (Å²) in [6, 6.07) is 10.2. The van der Waals surface area contributed by atoms with Crippen LogP contribution in [0.4, 0.5) is 11.4 Å². The van der Waals surface area contributed by atoms with Gasteiger partial charge >= 0.3 is 80.9 Å². The Morgan fingerprint density at radius 1 is 0.625 bits per heavy atom. The van der Waals surface area contributed by atoms with Gasteiger partial charge in [-0.1, -0.05) is 0 Å². The van der Waals surface area contributed by atoms with Crippen molar-refractivity contribution in [3.63, 3.8) is 0 Å². The second-order valence-corrected chi connectivity index (χ2v) is 6.81. The molecule has 12 heteroatoms. The fourth-order valence-corrected chi connectivity index (χ4v) is 2.21. The van der Waals surface area contributed by atoms with Gasteiger partial charge in [0.25, 0.3) is 0 Å². The Hall–Kier alpha value is 0.496. The van der Waals surface area contributed by atoms with Gasteiger partial charge in [0, 0.05) is 11.4 Å². The molecule has 2 rings (SSSR count). The number of benzene rings is 2. The Morgan fingerprint density at radius 2 is 0.833 bits per heavy atom. The maximum atomic E-state index is 10.3. The van der Waals surface area contributed by atoms with E-state index in [-0.39, 0.29) is 90.7 Å². The molecule has 2 aromatic carbocycles. The average Bonchev–Trinajstić information content (AvgIpc) is 2.38. The summed E-state index contributed by atoms with van der Waals surface area (Å²) in [5.41, 5.74) is 11.4. The molecule has 0 bridgehead atoms. The van der Waals surface area contributed by atoms with Gasteiger partial charge in [0.15, 0.2) is 0 Å². The zero-order valence-electron chi connectivity index (χ0n) is 13.0. The molecule has 4 N–H and O–H groups in total. The van der Waals surface area contributed by atoms with Crippen LogP contribution in [-0.2, 0) is 20.2 Å². The minimum atomic E-state index is -4.33. The van der Waals surface area contributed by atoms with Crippen LogP contribution < -0.4 is 92.4 Å². The standard InChI is InChI=1S/2C6H7NO3S.K.Na/c2*7-5-1-3-6(4-2-5)11(8,9)10;;/h2*1-4H,7H2,(H,8,9,10);;/q;;2*+1/p-2. The normalized spacial score (nSPS) is 10.4. The van der Waals surface area contributed by atoms with Crippen LogP contribution in [0.25, 0.3) is 0 Å². The van der Waals surface area contributed by atoms with Crippen LogP contribution in [0.1, 0.15) is 0 Å². The molecule has 0 fully saturated rings. The molecule has 8 nitrogen and oxygen atoms in total. The van der Waals surface area contributed by atoms with Gasteiger partial charge in [-0.05, 0) is 48.5 Å². The van der Waals surface area contributed by atoms with Crippen LogP contribution in [0.5, 0.6) is 0 Å². The minimum absolute atomic E-state index is 0. The number of rotatable bonds is 2. The molecule has 0 aliphatic carbocycles. The van der Waals surface area contributed by atoms with E-state index in [9.17, 15) is 25.9 Å². The van der Waals surface area contributed by atoms with Gasteiger partial charge in [0.2, 0.25) is 0 Å². The summed E-state index contributed by atoms with van der Waals surface area (Å²) in [6.45, 7) is 0. The monoisotopic (exact) mass is 406 g/mol. The Balaban J connectivity index is 0. The van der Waals surface area contributed by atoms with E-state index in [1.165, 1.54) is 48.5 Å². The molecular weight excluding hydrogens is 394 g/mol. The summed E-state index contributed by atoms with van der Waals surface area (Å²) in [5, 5.41) is 0. The van der Waals surface area contributed by atoms with Crippen LogP contribution in [0.3, 0.4) is 0 Å². The molecule has 0 atom stereocenters.